The minimum absolute atomic E-state index is 0.150. The molecule has 1 aliphatic carbocycles. The fourth-order valence-corrected chi connectivity index (χ4v) is 5.48. The third-order valence-corrected chi connectivity index (χ3v) is 6.70. The van der Waals surface area contributed by atoms with Crippen molar-refractivity contribution in [3.8, 4) is 0 Å². The molecule has 0 saturated carbocycles. The van der Waals surface area contributed by atoms with E-state index in [0.29, 0.717) is 21.5 Å². The fourth-order valence-electron chi connectivity index (χ4n) is 3.40. The molecule has 3 heterocycles. The maximum absolute atomic E-state index is 12.5. The lowest BCUT2D eigenvalue weighted by Crippen LogP contribution is -2.16. The van der Waals surface area contributed by atoms with Crippen LogP contribution in [0.1, 0.15) is 38.6 Å². The average molecular weight is 418 g/mol. The molecule has 10 heteroatoms. The number of nitrogens with one attached hydrogen (secondary N) is 1. The number of rotatable bonds is 5. The lowest BCUT2D eigenvalue weighted by atomic mass is 10.1. The van der Waals surface area contributed by atoms with Crippen molar-refractivity contribution >= 4 is 45.8 Å². The first-order valence-corrected chi connectivity index (χ1v) is 10.6. The number of anilines is 1. The number of hydrogen-bond donors (Lipinski definition) is 1. The molecule has 28 heavy (non-hydrogen) atoms. The van der Waals surface area contributed by atoms with Crippen LogP contribution in [0, 0.1) is 13.8 Å². The Morgan fingerprint density at radius 1 is 1.32 bits per heavy atom. The normalized spacial score (nSPS) is 13.0. The van der Waals surface area contributed by atoms with E-state index in [0.717, 1.165) is 41.1 Å². The first-order valence-electron chi connectivity index (χ1n) is 8.82. The van der Waals surface area contributed by atoms with Crippen molar-refractivity contribution < 1.29 is 14.3 Å². The third kappa shape index (κ3) is 3.37. The number of carbonyl (C=O) groups excluding carboxylic acids is 2. The molecule has 0 bridgehead atoms. The van der Waals surface area contributed by atoms with E-state index in [1.54, 1.807) is 0 Å². The number of amides is 1. The molecule has 0 radical (unpaired) electrons. The van der Waals surface area contributed by atoms with Crippen molar-refractivity contribution in [1.82, 2.24) is 19.6 Å². The summed E-state index contributed by atoms with van der Waals surface area (Å²) in [7, 11) is 1.36. The van der Waals surface area contributed by atoms with Gasteiger partial charge in [0.15, 0.2) is 5.16 Å². The van der Waals surface area contributed by atoms with Crippen LogP contribution >= 0.6 is 23.1 Å². The van der Waals surface area contributed by atoms with Crippen LogP contribution in [-0.2, 0) is 22.4 Å². The van der Waals surface area contributed by atoms with E-state index in [-0.39, 0.29) is 11.7 Å². The Labute approximate surface area is 169 Å². The molecule has 1 aliphatic rings. The summed E-state index contributed by atoms with van der Waals surface area (Å²) in [4.78, 5) is 30.2. The molecule has 0 fully saturated rings. The molecule has 0 aliphatic heterocycles. The Bertz CT molecular complexity index is 1090. The summed E-state index contributed by atoms with van der Waals surface area (Å²) in [6, 6.07) is 1.94. The molecule has 0 aromatic carbocycles. The molecule has 3 aromatic heterocycles. The van der Waals surface area contributed by atoms with Crippen LogP contribution in [0.2, 0.25) is 0 Å². The Hall–Kier alpha value is -2.46. The standard InChI is InChI=1S/C18H19N5O3S2/c1-9-7-10(2)23-17(19-9)21-22-18(23)27-8-13(24)20-15-14(16(25)26-3)11-5-4-6-12(11)28-15/h7H,4-6,8H2,1-3H3,(H,20,24). The fraction of sp³-hybridized carbons (Fsp3) is 0.389. The van der Waals surface area contributed by atoms with Gasteiger partial charge in [0.2, 0.25) is 5.91 Å². The van der Waals surface area contributed by atoms with Crippen LogP contribution < -0.4 is 5.32 Å². The first kappa shape index (κ1) is 18.9. The second-order valence-corrected chi connectivity index (χ2v) is 8.59. The number of aryl methyl sites for hydroxylation is 3. The van der Waals surface area contributed by atoms with Crippen molar-refractivity contribution in [3.05, 3.63) is 33.5 Å². The highest BCUT2D eigenvalue weighted by molar-refractivity contribution is 7.99. The van der Waals surface area contributed by atoms with Gasteiger partial charge in [0.05, 0.1) is 18.4 Å². The topological polar surface area (TPSA) is 98.5 Å². The van der Waals surface area contributed by atoms with Crippen LogP contribution in [0.3, 0.4) is 0 Å². The van der Waals surface area contributed by atoms with Gasteiger partial charge in [0, 0.05) is 16.3 Å². The maximum Gasteiger partial charge on any atom is 0.341 e. The van der Waals surface area contributed by atoms with Crippen molar-refractivity contribution in [1.29, 1.82) is 0 Å². The van der Waals surface area contributed by atoms with E-state index in [1.165, 1.54) is 30.2 Å². The highest BCUT2D eigenvalue weighted by Crippen LogP contribution is 2.39. The molecule has 1 N–H and O–H groups in total. The number of ether oxygens (including phenoxy) is 1. The highest BCUT2D eigenvalue weighted by Gasteiger charge is 2.28. The summed E-state index contributed by atoms with van der Waals surface area (Å²) in [5, 5.41) is 12.3. The Kier molecular flexibility index (Phi) is 5.07. The monoisotopic (exact) mass is 417 g/mol. The predicted molar refractivity (Wildman–Crippen MR) is 107 cm³/mol. The van der Waals surface area contributed by atoms with Crippen molar-refractivity contribution in [2.75, 3.05) is 18.2 Å². The van der Waals surface area contributed by atoms with Gasteiger partial charge in [-0.05, 0) is 44.7 Å². The molecule has 4 rings (SSSR count). The number of esters is 1. The number of hydrogen-bond acceptors (Lipinski definition) is 8. The van der Waals surface area contributed by atoms with Crippen LogP contribution in [-0.4, -0.2) is 44.3 Å². The van der Waals surface area contributed by atoms with Gasteiger partial charge in [0.25, 0.3) is 5.78 Å². The van der Waals surface area contributed by atoms with Gasteiger partial charge >= 0.3 is 5.97 Å². The molecule has 8 nitrogen and oxygen atoms in total. The Morgan fingerprint density at radius 2 is 2.14 bits per heavy atom. The van der Waals surface area contributed by atoms with Gasteiger partial charge in [0.1, 0.15) is 5.00 Å². The minimum atomic E-state index is -0.400. The van der Waals surface area contributed by atoms with E-state index in [9.17, 15) is 9.59 Å². The van der Waals surface area contributed by atoms with Crippen LogP contribution in [0.5, 0.6) is 0 Å². The number of aromatic nitrogens is 4. The number of methoxy groups -OCH3 is 1. The molecule has 0 unspecified atom stereocenters. The van der Waals surface area contributed by atoms with Crippen molar-refractivity contribution in [2.45, 2.75) is 38.3 Å². The zero-order chi connectivity index (χ0) is 19.8. The van der Waals surface area contributed by atoms with Gasteiger partial charge < -0.3 is 10.1 Å². The first-order chi connectivity index (χ1) is 13.5. The number of carbonyl (C=O) groups is 2. The maximum atomic E-state index is 12.5. The third-order valence-electron chi connectivity index (χ3n) is 4.56. The number of thiophene rings is 1. The van der Waals surface area contributed by atoms with E-state index in [4.69, 9.17) is 4.74 Å². The summed E-state index contributed by atoms with van der Waals surface area (Å²) in [6.07, 6.45) is 2.81. The average Bonchev–Trinajstić information content (AvgIpc) is 3.33. The van der Waals surface area contributed by atoms with E-state index < -0.39 is 5.97 Å². The number of fused-ring (bicyclic) bond motifs is 2. The lowest BCUT2D eigenvalue weighted by Gasteiger charge is -2.07. The molecule has 0 spiro atoms. The van der Waals surface area contributed by atoms with E-state index >= 15 is 0 Å². The second-order valence-electron chi connectivity index (χ2n) is 6.55. The summed E-state index contributed by atoms with van der Waals surface area (Å²) in [5.74, 6) is 0.0626. The zero-order valence-corrected chi connectivity index (χ0v) is 17.4. The summed E-state index contributed by atoms with van der Waals surface area (Å²) >= 11 is 2.75. The molecule has 0 atom stereocenters. The summed E-state index contributed by atoms with van der Waals surface area (Å²) < 4.78 is 6.74. The second kappa shape index (κ2) is 7.51. The van der Waals surface area contributed by atoms with Crippen molar-refractivity contribution in [2.24, 2.45) is 0 Å². The largest absolute Gasteiger partial charge is 0.465 e. The van der Waals surface area contributed by atoms with E-state index in [2.05, 4.69) is 20.5 Å². The minimum Gasteiger partial charge on any atom is -0.465 e. The van der Waals surface area contributed by atoms with Gasteiger partial charge in [-0.15, -0.1) is 21.5 Å². The van der Waals surface area contributed by atoms with Crippen LogP contribution in [0.15, 0.2) is 11.2 Å². The SMILES string of the molecule is COC(=O)c1c(NC(=O)CSc2nnc3nc(C)cc(C)n23)sc2c1CCC2. The molecular weight excluding hydrogens is 398 g/mol. The van der Waals surface area contributed by atoms with E-state index in [1.807, 2.05) is 24.3 Å². The van der Waals surface area contributed by atoms with Gasteiger partial charge in [-0.1, -0.05) is 11.8 Å². The molecule has 1 amide bonds. The zero-order valence-electron chi connectivity index (χ0n) is 15.7. The molecule has 146 valence electrons. The van der Waals surface area contributed by atoms with Gasteiger partial charge in [-0.3, -0.25) is 9.20 Å². The Morgan fingerprint density at radius 3 is 2.93 bits per heavy atom. The highest BCUT2D eigenvalue weighted by atomic mass is 32.2. The van der Waals surface area contributed by atoms with Gasteiger partial charge in [-0.2, -0.15) is 0 Å². The lowest BCUT2D eigenvalue weighted by molar-refractivity contribution is -0.113. The van der Waals surface area contributed by atoms with Crippen LogP contribution in [0.4, 0.5) is 5.00 Å². The van der Waals surface area contributed by atoms with Crippen LogP contribution in [0.25, 0.3) is 5.78 Å². The van der Waals surface area contributed by atoms with Gasteiger partial charge in [-0.25, -0.2) is 9.78 Å². The number of nitrogens with zero attached hydrogens (tertiary/aromatic N) is 4. The Balaban J connectivity index is 1.50. The molecule has 0 saturated heterocycles. The number of thioether (sulfide) groups is 1. The summed E-state index contributed by atoms with van der Waals surface area (Å²) in [6.45, 7) is 3.85. The smallest absolute Gasteiger partial charge is 0.341 e. The molecule has 3 aromatic rings. The molecular formula is C18H19N5O3S2. The predicted octanol–water partition coefficient (Wildman–Crippen LogP) is 2.81. The summed E-state index contributed by atoms with van der Waals surface area (Å²) in [5.41, 5.74) is 3.34. The quantitative estimate of drug-likeness (QED) is 0.503. The van der Waals surface area contributed by atoms with Crippen molar-refractivity contribution in [3.63, 3.8) is 0 Å².